The molecular formula is C22H17ClFN3. The molecule has 1 aromatic carbocycles. The molecule has 0 aliphatic rings. The monoisotopic (exact) mass is 377 g/mol. The van der Waals surface area contributed by atoms with Crippen molar-refractivity contribution in [1.29, 1.82) is 0 Å². The number of aromatic nitrogens is 3. The first-order valence-corrected chi connectivity index (χ1v) is 8.96. The standard InChI is InChI=1S/C22H17ClFN3/c1-3-14(2)27-19-12-17(23)13-26-21(19)20(15-4-6-18(24)7-5-15)22(27)16-8-10-25-11-9-16/h3-14H,1H2,2H3. The minimum Gasteiger partial charge on any atom is -0.332 e. The van der Waals surface area contributed by atoms with Gasteiger partial charge in [0.05, 0.1) is 21.7 Å². The van der Waals surface area contributed by atoms with Crippen LogP contribution in [-0.4, -0.2) is 14.5 Å². The van der Waals surface area contributed by atoms with E-state index in [-0.39, 0.29) is 11.9 Å². The molecule has 1 unspecified atom stereocenters. The molecule has 134 valence electrons. The Bertz CT molecular complexity index is 1120. The molecule has 0 bridgehead atoms. The molecule has 0 saturated heterocycles. The number of allylic oxidation sites excluding steroid dienone is 1. The second-order valence-corrected chi connectivity index (χ2v) is 6.77. The van der Waals surface area contributed by atoms with Crippen molar-refractivity contribution >= 4 is 22.6 Å². The fourth-order valence-corrected chi connectivity index (χ4v) is 3.52. The van der Waals surface area contributed by atoms with Crippen molar-refractivity contribution in [3.63, 3.8) is 0 Å². The smallest absolute Gasteiger partial charge is 0.123 e. The average molecular weight is 378 g/mol. The van der Waals surface area contributed by atoms with E-state index in [0.717, 1.165) is 33.4 Å². The van der Waals surface area contributed by atoms with Gasteiger partial charge in [-0.25, -0.2) is 4.39 Å². The summed E-state index contributed by atoms with van der Waals surface area (Å²) in [5.41, 5.74) is 5.50. The van der Waals surface area contributed by atoms with Crippen LogP contribution in [0.15, 0.2) is 73.7 Å². The third-order valence-electron chi connectivity index (χ3n) is 4.64. The van der Waals surface area contributed by atoms with Gasteiger partial charge in [0.1, 0.15) is 5.82 Å². The van der Waals surface area contributed by atoms with Crippen LogP contribution in [0.4, 0.5) is 4.39 Å². The molecule has 5 heteroatoms. The minimum absolute atomic E-state index is 0.00475. The van der Waals surface area contributed by atoms with Gasteiger partial charge in [-0.3, -0.25) is 9.97 Å². The Kier molecular flexibility index (Phi) is 4.50. The molecule has 3 heterocycles. The van der Waals surface area contributed by atoms with Crippen molar-refractivity contribution in [3.05, 3.63) is 84.5 Å². The molecule has 0 radical (unpaired) electrons. The molecule has 0 spiro atoms. The fourth-order valence-electron chi connectivity index (χ4n) is 3.37. The van der Waals surface area contributed by atoms with Crippen LogP contribution in [0.2, 0.25) is 5.02 Å². The van der Waals surface area contributed by atoms with E-state index in [0.29, 0.717) is 5.02 Å². The molecule has 0 fully saturated rings. The summed E-state index contributed by atoms with van der Waals surface area (Å²) in [5.74, 6) is -0.275. The topological polar surface area (TPSA) is 30.7 Å². The molecule has 3 aromatic heterocycles. The average Bonchev–Trinajstić information content (AvgIpc) is 3.03. The number of hydrogen-bond acceptors (Lipinski definition) is 2. The van der Waals surface area contributed by atoms with E-state index in [1.165, 1.54) is 12.1 Å². The first-order valence-electron chi connectivity index (χ1n) is 8.58. The van der Waals surface area contributed by atoms with Gasteiger partial charge >= 0.3 is 0 Å². The molecule has 0 amide bonds. The van der Waals surface area contributed by atoms with Gasteiger partial charge in [-0.1, -0.05) is 29.8 Å². The zero-order valence-electron chi connectivity index (χ0n) is 14.7. The lowest BCUT2D eigenvalue weighted by Crippen LogP contribution is -2.04. The van der Waals surface area contributed by atoms with Gasteiger partial charge in [-0.05, 0) is 42.8 Å². The SMILES string of the molecule is C=CC(C)n1c(-c2ccncc2)c(-c2ccc(F)cc2)c2ncc(Cl)cc21. The van der Waals surface area contributed by atoms with Crippen LogP contribution in [0.1, 0.15) is 13.0 Å². The molecule has 0 saturated carbocycles. The lowest BCUT2D eigenvalue weighted by molar-refractivity contribution is 0.628. The quantitative estimate of drug-likeness (QED) is 0.390. The zero-order valence-corrected chi connectivity index (χ0v) is 15.5. The number of pyridine rings is 2. The fraction of sp³-hybridized carbons (Fsp3) is 0.0909. The molecule has 4 rings (SSSR count). The van der Waals surface area contributed by atoms with E-state index in [1.807, 2.05) is 24.3 Å². The summed E-state index contributed by atoms with van der Waals surface area (Å²) in [6.45, 7) is 6.02. The summed E-state index contributed by atoms with van der Waals surface area (Å²) in [7, 11) is 0. The molecule has 27 heavy (non-hydrogen) atoms. The highest BCUT2D eigenvalue weighted by atomic mass is 35.5. The molecule has 0 aliphatic carbocycles. The van der Waals surface area contributed by atoms with Gasteiger partial charge in [0.25, 0.3) is 0 Å². The van der Waals surface area contributed by atoms with Gasteiger partial charge in [0.15, 0.2) is 0 Å². The highest BCUT2D eigenvalue weighted by Gasteiger charge is 2.23. The van der Waals surface area contributed by atoms with Gasteiger partial charge in [-0.15, -0.1) is 6.58 Å². The maximum Gasteiger partial charge on any atom is 0.123 e. The first kappa shape index (κ1) is 17.4. The van der Waals surface area contributed by atoms with Crippen LogP contribution < -0.4 is 0 Å². The van der Waals surface area contributed by atoms with Crippen molar-refractivity contribution < 1.29 is 4.39 Å². The van der Waals surface area contributed by atoms with Crippen molar-refractivity contribution in [1.82, 2.24) is 14.5 Å². The third kappa shape index (κ3) is 3.02. The summed E-state index contributed by atoms with van der Waals surface area (Å²) in [4.78, 5) is 8.74. The van der Waals surface area contributed by atoms with Crippen LogP contribution in [0, 0.1) is 5.82 Å². The zero-order chi connectivity index (χ0) is 19.0. The van der Waals surface area contributed by atoms with E-state index in [2.05, 4.69) is 28.0 Å². The number of halogens is 2. The Balaban J connectivity index is 2.17. The highest BCUT2D eigenvalue weighted by molar-refractivity contribution is 6.31. The first-order chi connectivity index (χ1) is 13.1. The number of fused-ring (bicyclic) bond motifs is 1. The summed E-state index contributed by atoms with van der Waals surface area (Å²) >= 11 is 6.25. The minimum atomic E-state index is -0.275. The van der Waals surface area contributed by atoms with E-state index in [4.69, 9.17) is 11.6 Å². The molecule has 1 atom stereocenters. The van der Waals surface area contributed by atoms with E-state index < -0.39 is 0 Å². The predicted molar refractivity (Wildman–Crippen MR) is 108 cm³/mol. The molecular weight excluding hydrogens is 361 g/mol. The summed E-state index contributed by atoms with van der Waals surface area (Å²) in [6.07, 6.45) is 7.02. The Labute approximate surface area is 161 Å². The van der Waals surface area contributed by atoms with Crippen molar-refractivity contribution in [2.75, 3.05) is 0 Å². The van der Waals surface area contributed by atoms with E-state index >= 15 is 0 Å². The molecule has 4 aromatic rings. The number of benzene rings is 1. The second-order valence-electron chi connectivity index (χ2n) is 6.33. The maximum atomic E-state index is 13.5. The van der Waals surface area contributed by atoms with Crippen molar-refractivity contribution in [2.45, 2.75) is 13.0 Å². The normalized spacial score (nSPS) is 12.3. The van der Waals surface area contributed by atoms with Crippen molar-refractivity contribution in [2.24, 2.45) is 0 Å². The highest BCUT2D eigenvalue weighted by Crippen LogP contribution is 2.42. The Morgan fingerprint density at radius 1 is 1.11 bits per heavy atom. The third-order valence-corrected chi connectivity index (χ3v) is 4.85. The predicted octanol–water partition coefficient (Wildman–Crippen LogP) is 6.30. The lowest BCUT2D eigenvalue weighted by atomic mass is 10.0. The Morgan fingerprint density at radius 3 is 2.48 bits per heavy atom. The number of hydrogen-bond donors (Lipinski definition) is 0. The number of nitrogens with zero attached hydrogens (tertiary/aromatic N) is 3. The largest absolute Gasteiger partial charge is 0.332 e. The van der Waals surface area contributed by atoms with E-state index in [9.17, 15) is 4.39 Å². The summed E-state index contributed by atoms with van der Waals surface area (Å²) < 4.78 is 15.7. The molecule has 0 aliphatic heterocycles. The van der Waals surface area contributed by atoms with E-state index in [1.54, 1.807) is 30.7 Å². The van der Waals surface area contributed by atoms with Crippen LogP contribution in [0.25, 0.3) is 33.4 Å². The number of rotatable bonds is 4. The summed E-state index contributed by atoms with van der Waals surface area (Å²) in [5, 5.41) is 0.560. The molecule has 3 nitrogen and oxygen atoms in total. The van der Waals surface area contributed by atoms with Gasteiger partial charge in [0, 0.05) is 35.8 Å². The van der Waals surface area contributed by atoms with Gasteiger partial charge < -0.3 is 4.57 Å². The summed E-state index contributed by atoms with van der Waals surface area (Å²) in [6, 6.07) is 12.3. The lowest BCUT2D eigenvalue weighted by Gasteiger charge is -2.16. The van der Waals surface area contributed by atoms with Gasteiger partial charge in [-0.2, -0.15) is 0 Å². The maximum absolute atomic E-state index is 13.5. The van der Waals surface area contributed by atoms with Crippen molar-refractivity contribution in [3.8, 4) is 22.4 Å². The van der Waals surface area contributed by atoms with Crippen LogP contribution in [0.5, 0.6) is 0 Å². The van der Waals surface area contributed by atoms with Crippen LogP contribution in [-0.2, 0) is 0 Å². The second kappa shape index (κ2) is 6.97. The van der Waals surface area contributed by atoms with Crippen LogP contribution in [0.3, 0.4) is 0 Å². The Hall–Kier alpha value is -2.98. The Morgan fingerprint density at radius 2 is 1.81 bits per heavy atom. The molecule has 0 N–H and O–H groups in total. The van der Waals surface area contributed by atoms with Gasteiger partial charge in [0.2, 0.25) is 0 Å². The van der Waals surface area contributed by atoms with Crippen LogP contribution >= 0.6 is 11.6 Å².